The monoisotopic (exact) mass is 101 g/mol. The summed E-state index contributed by atoms with van der Waals surface area (Å²) in [5, 5.41) is 9.00. The van der Waals surface area contributed by atoms with Gasteiger partial charge in [-0.05, 0) is 0 Å². The molecule has 0 atom stereocenters. The van der Waals surface area contributed by atoms with Crippen LogP contribution in [-0.2, 0) is 0 Å². The molecule has 0 radical (unpaired) electrons. The second-order valence-corrected chi connectivity index (χ2v) is 1.03. The van der Waals surface area contributed by atoms with Gasteiger partial charge in [0.2, 0.25) is 0 Å². The largest absolute Gasteiger partial charge is 0.376 e. The van der Waals surface area contributed by atoms with E-state index in [1.807, 2.05) is 0 Å². The number of nitrogens with zero attached hydrogens (tertiary/aromatic N) is 3. The predicted molar refractivity (Wildman–Crippen MR) is 21.1 cm³/mol. The van der Waals surface area contributed by atoms with Crippen molar-refractivity contribution in [2.45, 2.75) is 0 Å². The first-order valence-corrected chi connectivity index (χ1v) is 1.64. The molecule has 6 nitrogen and oxygen atoms in total. The van der Waals surface area contributed by atoms with Gasteiger partial charge in [0.05, 0.1) is 4.91 Å². The molecule has 0 unspecified atom stereocenters. The SMILES string of the molecule is Nc1nn[n+](N)[nH]1. The molecule has 0 amide bonds. The highest BCUT2D eigenvalue weighted by Gasteiger charge is 1.98. The van der Waals surface area contributed by atoms with E-state index in [2.05, 4.69) is 15.4 Å². The summed E-state index contributed by atoms with van der Waals surface area (Å²) in [6.45, 7) is 0. The minimum absolute atomic E-state index is 0.211. The van der Waals surface area contributed by atoms with Crippen LogP contribution in [0.3, 0.4) is 0 Å². The Balaban J connectivity index is 3.04. The zero-order valence-electron chi connectivity index (χ0n) is 3.50. The van der Waals surface area contributed by atoms with E-state index in [4.69, 9.17) is 11.6 Å². The number of rotatable bonds is 0. The van der Waals surface area contributed by atoms with Crippen molar-refractivity contribution >= 4 is 5.95 Å². The molecule has 5 N–H and O–H groups in total. The summed E-state index contributed by atoms with van der Waals surface area (Å²) in [6, 6.07) is 0. The molecule has 0 saturated carbocycles. The van der Waals surface area contributed by atoms with E-state index in [0.717, 1.165) is 4.91 Å². The number of aromatic nitrogens is 4. The first-order valence-electron chi connectivity index (χ1n) is 1.64. The second-order valence-electron chi connectivity index (χ2n) is 1.03. The van der Waals surface area contributed by atoms with Crippen molar-refractivity contribution < 1.29 is 4.91 Å². The number of hydrogen-bond acceptors (Lipinski definition) is 4. The van der Waals surface area contributed by atoms with Crippen LogP contribution in [0.15, 0.2) is 0 Å². The normalized spacial score (nSPS) is 9.14. The standard InChI is InChI=1S/CH4N6/c2-1-4-6-7(3)5-1/h3H2,(H2,2,5)/p+1. The summed E-state index contributed by atoms with van der Waals surface area (Å²) < 4.78 is 0. The molecule has 1 rings (SSSR count). The van der Waals surface area contributed by atoms with E-state index in [0.29, 0.717) is 0 Å². The summed E-state index contributed by atoms with van der Waals surface area (Å²) in [6.07, 6.45) is 0. The first-order chi connectivity index (χ1) is 3.29. The number of nitrogens with two attached hydrogens (primary N) is 2. The molecule has 0 aliphatic carbocycles. The Hall–Kier alpha value is -1.33. The average Bonchev–Trinajstić information content (AvgIpc) is 1.87. The van der Waals surface area contributed by atoms with Crippen LogP contribution >= 0.6 is 0 Å². The zero-order chi connectivity index (χ0) is 5.28. The lowest BCUT2D eigenvalue weighted by Gasteiger charge is -1.66. The Morgan fingerprint density at radius 3 is 2.57 bits per heavy atom. The molecule has 1 aromatic rings. The molecule has 0 saturated heterocycles. The van der Waals surface area contributed by atoms with E-state index in [1.165, 1.54) is 0 Å². The lowest BCUT2D eigenvalue weighted by atomic mass is 11.2. The highest BCUT2D eigenvalue weighted by atomic mass is 15.7. The van der Waals surface area contributed by atoms with Gasteiger partial charge >= 0.3 is 5.95 Å². The maximum absolute atomic E-state index is 5.05. The molecule has 1 aromatic heterocycles. The van der Waals surface area contributed by atoms with E-state index in [9.17, 15) is 0 Å². The Bertz CT molecular complexity index is 136. The summed E-state index contributed by atoms with van der Waals surface area (Å²) in [4.78, 5) is 0.926. The van der Waals surface area contributed by atoms with Gasteiger partial charge in [0.1, 0.15) is 5.10 Å². The highest BCUT2D eigenvalue weighted by Crippen LogP contribution is 1.70. The summed E-state index contributed by atoms with van der Waals surface area (Å²) in [5.41, 5.74) is 5.05. The molecular weight excluding hydrogens is 96.1 g/mol. The highest BCUT2D eigenvalue weighted by molar-refractivity contribution is 5.04. The Morgan fingerprint density at radius 2 is 2.43 bits per heavy atom. The van der Waals surface area contributed by atoms with Crippen LogP contribution in [0.4, 0.5) is 5.95 Å². The van der Waals surface area contributed by atoms with Crippen LogP contribution < -0.4 is 16.5 Å². The van der Waals surface area contributed by atoms with Crippen molar-refractivity contribution in [1.82, 2.24) is 15.4 Å². The van der Waals surface area contributed by atoms with Gasteiger partial charge in [-0.3, -0.25) is 0 Å². The molecule has 1 heterocycles. The lowest BCUT2D eigenvalue weighted by Crippen LogP contribution is -2.49. The Labute approximate surface area is 39.1 Å². The van der Waals surface area contributed by atoms with Gasteiger partial charge in [0, 0.05) is 0 Å². The topological polar surface area (TPSA) is 97.5 Å². The van der Waals surface area contributed by atoms with Crippen LogP contribution in [-0.4, -0.2) is 15.4 Å². The van der Waals surface area contributed by atoms with Crippen LogP contribution in [0.25, 0.3) is 0 Å². The van der Waals surface area contributed by atoms with E-state index in [1.54, 1.807) is 0 Å². The van der Waals surface area contributed by atoms with Crippen molar-refractivity contribution in [2.75, 3.05) is 11.6 Å². The molecule has 38 valence electrons. The quantitative estimate of drug-likeness (QED) is 0.246. The van der Waals surface area contributed by atoms with Crippen LogP contribution in [0.5, 0.6) is 0 Å². The molecule has 0 fully saturated rings. The second kappa shape index (κ2) is 1.07. The third-order valence-electron chi connectivity index (χ3n) is 0.478. The van der Waals surface area contributed by atoms with Crippen molar-refractivity contribution in [1.29, 1.82) is 0 Å². The lowest BCUT2D eigenvalue weighted by molar-refractivity contribution is -0.754. The van der Waals surface area contributed by atoms with Gasteiger partial charge in [-0.1, -0.05) is 0 Å². The number of anilines is 1. The molecule has 0 aromatic carbocycles. The Morgan fingerprint density at radius 1 is 1.71 bits per heavy atom. The summed E-state index contributed by atoms with van der Waals surface area (Å²) >= 11 is 0. The van der Waals surface area contributed by atoms with Crippen LogP contribution in [0, 0.1) is 0 Å². The number of hydrogen-bond donors (Lipinski definition) is 3. The molecule has 0 aliphatic rings. The maximum Gasteiger partial charge on any atom is 0.376 e. The third-order valence-corrected chi connectivity index (χ3v) is 0.478. The van der Waals surface area contributed by atoms with Gasteiger partial charge in [-0.2, -0.15) is 0 Å². The van der Waals surface area contributed by atoms with Crippen LogP contribution in [0.1, 0.15) is 0 Å². The number of aromatic amines is 1. The molecule has 0 bridgehead atoms. The zero-order valence-corrected chi connectivity index (χ0v) is 3.50. The van der Waals surface area contributed by atoms with E-state index in [-0.39, 0.29) is 5.95 Å². The molecule has 0 spiro atoms. The molecular formula is CH5N6+. The van der Waals surface area contributed by atoms with E-state index >= 15 is 0 Å². The van der Waals surface area contributed by atoms with E-state index < -0.39 is 0 Å². The van der Waals surface area contributed by atoms with Crippen LogP contribution in [0.2, 0.25) is 0 Å². The maximum atomic E-state index is 5.05. The Kier molecular flexibility index (Phi) is 0.588. The molecule has 6 heteroatoms. The predicted octanol–water partition coefficient (Wildman–Crippen LogP) is -2.61. The number of tetrazole rings is 1. The molecule has 0 aliphatic heterocycles. The van der Waals surface area contributed by atoms with Gasteiger partial charge in [-0.25, -0.2) is 5.84 Å². The fourth-order valence-corrected chi connectivity index (χ4v) is 0.258. The van der Waals surface area contributed by atoms with Gasteiger partial charge < -0.3 is 5.73 Å². The fourth-order valence-electron chi connectivity index (χ4n) is 0.258. The number of nitrogens with one attached hydrogen (secondary N) is 1. The number of nitrogen functional groups attached to an aromatic ring is 2. The van der Waals surface area contributed by atoms with Crippen molar-refractivity contribution in [2.24, 2.45) is 0 Å². The smallest absolute Gasteiger partial charge is 0.343 e. The first kappa shape index (κ1) is 3.85. The minimum atomic E-state index is 0.211. The fraction of sp³-hybridized carbons (Fsp3) is 0. The third kappa shape index (κ3) is 0.566. The summed E-state index contributed by atoms with van der Waals surface area (Å²) in [5.74, 6) is 5.20. The average molecular weight is 101 g/mol. The van der Waals surface area contributed by atoms with Crippen molar-refractivity contribution in [3.05, 3.63) is 0 Å². The van der Waals surface area contributed by atoms with Gasteiger partial charge in [0.15, 0.2) is 5.21 Å². The van der Waals surface area contributed by atoms with Crippen molar-refractivity contribution in [3.63, 3.8) is 0 Å². The van der Waals surface area contributed by atoms with Gasteiger partial charge in [0.25, 0.3) is 0 Å². The molecule has 7 heavy (non-hydrogen) atoms. The van der Waals surface area contributed by atoms with Crippen molar-refractivity contribution in [3.8, 4) is 0 Å². The van der Waals surface area contributed by atoms with Gasteiger partial charge in [-0.15, -0.1) is 5.10 Å². The number of H-pyrrole nitrogens is 1. The summed E-state index contributed by atoms with van der Waals surface area (Å²) in [7, 11) is 0. The minimum Gasteiger partial charge on any atom is -0.343 e.